The monoisotopic (exact) mass is 271 g/mol. The molecule has 2 heteroatoms. The highest BCUT2D eigenvalue weighted by atomic mass is 16.5. The standard InChI is InChI=1S/C13H25NO.2C2H6/c1-14-7-5-11(6-8-14)9-12-3-4-13(10-12)15-2;2*1-2/h11-13H,3-10H2,1-2H3;2*1-2H3. The minimum atomic E-state index is 0.571. The van der Waals surface area contributed by atoms with Gasteiger partial charge in [0.05, 0.1) is 6.10 Å². The zero-order chi connectivity index (χ0) is 14.7. The topological polar surface area (TPSA) is 12.5 Å². The summed E-state index contributed by atoms with van der Waals surface area (Å²) in [4.78, 5) is 2.46. The van der Waals surface area contributed by atoms with Crippen LogP contribution in [0.25, 0.3) is 0 Å². The first kappa shape index (κ1) is 18.9. The maximum atomic E-state index is 5.44. The average Bonchev–Trinajstić information content (AvgIpc) is 2.93. The summed E-state index contributed by atoms with van der Waals surface area (Å²) in [6, 6.07) is 0. The smallest absolute Gasteiger partial charge is 0.0574 e. The maximum Gasteiger partial charge on any atom is 0.0574 e. The summed E-state index contributed by atoms with van der Waals surface area (Å²) in [5, 5.41) is 0. The van der Waals surface area contributed by atoms with Crippen molar-refractivity contribution >= 4 is 0 Å². The zero-order valence-corrected chi connectivity index (χ0v) is 14.2. The molecule has 0 N–H and O–H groups in total. The van der Waals surface area contributed by atoms with Crippen molar-refractivity contribution in [2.45, 2.75) is 72.3 Å². The third-order valence-electron chi connectivity index (χ3n) is 4.33. The van der Waals surface area contributed by atoms with Crippen LogP contribution in [0.5, 0.6) is 0 Å². The molecule has 0 spiro atoms. The molecular formula is C17H37NO. The largest absolute Gasteiger partial charge is 0.381 e. The summed E-state index contributed by atoms with van der Waals surface area (Å²) in [6.45, 7) is 10.6. The molecule has 2 aliphatic rings. The van der Waals surface area contributed by atoms with Crippen molar-refractivity contribution < 1.29 is 4.74 Å². The van der Waals surface area contributed by atoms with Crippen molar-refractivity contribution in [3.05, 3.63) is 0 Å². The molecule has 1 aliphatic heterocycles. The highest BCUT2D eigenvalue weighted by Gasteiger charge is 2.27. The van der Waals surface area contributed by atoms with Crippen molar-refractivity contribution in [1.82, 2.24) is 4.90 Å². The molecule has 0 bridgehead atoms. The van der Waals surface area contributed by atoms with E-state index in [9.17, 15) is 0 Å². The van der Waals surface area contributed by atoms with Crippen LogP contribution in [0.1, 0.15) is 66.2 Å². The van der Waals surface area contributed by atoms with E-state index in [2.05, 4.69) is 11.9 Å². The minimum Gasteiger partial charge on any atom is -0.381 e. The second-order valence-electron chi connectivity index (χ2n) is 5.52. The van der Waals surface area contributed by atoms with E-state index in [4.69, 9.17) is 4.74 Å². The van der Waals surface area contributed by atoms with Crippen molar-refractivity contribution in [2.24, 2.45) is 11.8 Å². The molecule has 1 saturated carbocycles. The molecular weight excluding hydrogens is 234 g/mol. The van der Waals surface area contributed by atoms with Gasteiger partial charge in [0, 0.05) is 7.11 Å². The van der Waals surface area contributed by atoms with Crippen LogP contribution < -0.4 is 0 Å². The van der Waals surface area contributed by atoms with Crippen molar-refractivity contribution in [1.29, 1.82) is 0 Å². The van der Waals surface area contributed by atoms with Crippen LogP contribution in [0.3, 0.4) is 0 Å². The Kier molecular flexibility index (Phi) is 11.7. The molecule has 2 rings (SSSR count). The van der Waals surface area contributed by atoms with Gasteiger partial charge in [0.25, 0.3) is 0 Å². The number of hydrogen-bond donors (Lipinski definition) is 0. The highest BCUT2D eigenvalue weighted by molar-refractivity contribution is 4.80. The molecule has 0 radical (unpaired) electrons. The Morgan fingerprint density at radius 1 is 0.895 bits per heavy atom. The third-order valence-corrected chi connectivity index (χ3v) is 4.33. The number of methoxy groups -OCH3 is 1. The lowest BCUT2D eigenvalue weighted by Gasteiger charge is -2.30. The highest BCUT2D eigenvalue weighted by Crippen LogP contribution is 2.34. The fourth-order valence-corrected chi connectivity index (χ4v) is 3.23. The molecule has 2 nitrogen and oxygen atoms in total. The van der Waals surface area contributed by atoms with E-state index >= 15 is 0 Å². The van der Waals surface area contributed by atoms with Gasteiger partial charge in [0.15, 0.2) is 0 Å². The molecule has 0 amide bonds. The number of nitrogens with zero attached hydrogens (tertiary/aromatic N) is 1. The van der Waals surface area contributed by atoms with Crippen molar-refractivity contribution in [3.63, 3.8) is 0 Å². The first-order valence-corrected chi connectivity index (χ1v) is 8.49. The van der Waals surface area contributed by atoms with Crippen LogP contribution in [0.15, 0.2) is 0 Å². The molecule has 1 aliphatic carbocycles. The summed E-state index contributed by atoms with van der Waals surface area (Å²) >= 11 is 0. The van der Waals surface area contributed by atoms with Gasteiger partial charge in [-0.05, 0) is 70.5 Å². The Morgan fingerprint density at radius 2 is 1.47 bits per heavy atom. The van der Waals surface area contributed by atoms with Crippen LogP contribution in [0.2, 0.25) is 0 Å². The maximum absolute atomic E-state index is 5.44. The fraction of sp³-hybridized carbons (Fsp3) is 1.00. The lowest BCUT2D eigenvalue weighted by atomic mass is 9.86. The molecule has 2 atom stereocenters. The van der Waals surface area contributed by atoms with Crippen LogP contribution in [0, 0.1) is 11.8 Å². The van der Waals surface area contributed by atoms with Crippen LogP contribution in [-0.4, -0.2) is 38.3 Å². The lowest BCUT2D eigenvalue weighted by molar-refractivity contribution is 0.102. The predicted octanol–water partition coefficient (Wildman–Crippen LogP) is 4.59. The van der Waals surface area contributed by atoms with E-state index in [1.165, 1.54) is 51.6 Å². The van der Waals surface area contributed by atoms with Gasteiger partial charge in [-0.1, -0.05) is 27.7 Å². The minimum absolute atomic E-state index is 0.571. The van der Waals surface area contributed by atoms with Gasteiger partial charge in [0.2, 0.25) is 0 Å². The van der Waals surface area contributed by atoms with Crippen LogP contribution >= 0.6 is 0 Å². The number of piperidine rings is 1. The van der Waals surface area contributed by atoms with E-state index in [1.807, 2.05) is 34.8 Å². The first-order chi connectivity index (χ1) is 9.28. The number of rotatable bonds is 3. The summed E-state index contributed by atoms with van der Waals surface area (Å²) in [5.74, 6) is 1.96. The van der Waals surface area contributed by atoms with E-state index in [1.54, 1.807) is 0 Å². The SMILES string of the molecule is CC.CC.COC1CCC(CC2CCN(C)CC2)C1. The van der Waals surface area contributed by atoms with Crippen LogP contribution in [-0.2, 0) is 4.74 Å². The Bertz CT molecular complexity index is 188. The lowest BCUT2D eigenvalue weighted by Crippen LogP contribution is -2.30. The quantitative estimate of drug-likeness (QED) is 0.744. The third kappa shape index (κ3) is 7.31. The number of ether oxygens (including phenoxy) is 1. The average molecular weight is 271 g/mol. The number of likely N-dealkylation sites (tertiary alicyclic amines) is 1. The summed E-state index contributed by atoms with van der Waals surface area (Å²) in [6.07, 6.45) is 8.91. The van der Waals surface area contributed by atoms with Gasteiger partial charge in [-0.25, -0.2) is 0 Å². The second-order valence-corrected chi connectivity index (χ2v) is 5.52. The van der Waals surface area contributed by atoms with E-state index in [-0.39, 0.29) is 0 Å². The Hall–Kier alpha value is -0.0800. The first-order valence-electron chi connectivity index (χ1n) is 8.49. The number of hydrogen-bond acceptors (Lipinski definition) is 2. The molecule has 0 aromatic carbocycles. The van der Waals surface area contributed by atoms with Gasteiger partial charge in [-0.15, -0.1) is 0 Å². The molecule has 0 aromatic rings. The van der Waals surface area contributed by atoms with Crippen LogP contribution in [0.4, 0.5) is 0 Å². The van der Waals surface area contributed by atoms with E-state index in [0.717, 1.165) is 11.8 Å². The molecule has 1 heterocycles. The molecule has 0 aromatic heterocycles. The van der Waals surface area contributed by atoms with Crippen molar-refractivity contribution in [2.75, 3.05) is 27.2 Å². The zero-order valence-electron chi connectivity index (χ0n) is 14.2. The summed E-state index contributed by atoms with van der Waals surface area (Å²) in [5.41, 5.74) is 0. The Morgan fingerprint density at radius 3 is 1.95 bits per heavy atom. The summed E-state index contributed by atoms with van der Waals surface area (Å²) < 4.78 is 5.44. The van der Waals surface area contributed by atoms with Gasteiger partial charge < -0.3 is 9.64 Å². The van der Waals surface area contributed by atoms with Gasteiger partial charge >= 0.3 is 0 Å². The molecule has 1 saturated heterocycles. The van der Waals surface area contributed by atoms with Gasteiger partial charge in [-0.3, -0.25) is 0 Å². The molecule has 116 valence electrons. The molecule has 19 heavy (non-hydrogen) atoms. The van der Waals surface area contributed by atoms with Crippen molar-refractivity contribution in [3.8, 4) is 0 Å². The van der Waals surface area contributed by atoms with E-state index < -0.39 is 0 Å². The van der Waals surface area contributed by atoms with Gasteiger partial charge in [0.1, 0.15) is 0 Å². The predicted molar refractivity (Wildman–Crippen MR) is 85.7 cm³/mol. The summed E-state index contributed by atoms with van der Waals surface area (Å²) in [7, 11) is 4.11. The fourth-order valence-electron chi connectivity index (χ4n) is 3.23. The Labute approximate surface area is 121 Å². The molecule has 2 fully saturated rings. The Balaban J connectivity index is 0.000000741. The van der Waals surface area contributed by atoms with E-state index in [0.29, 0.717) is 6.10 Å². The van der Waals surface area contributed by atoms with Gasteiger partial charge in [-0.2, -0.15) is 0 Å². The second kappa shape index (κ2) is 11.7. The normalized spacial score (nSPS) is 28.1. The molecule has 2 unspecified atom stereocenters.